The number of cyclic esters (lactones) is 1. The van der Waals surface area contributed by atoms with E-state index in [9.17, 15) is 14.4 Å². The fourth-order valence-corrected chi connectivity index (χ4v) is 3.95. The smallest absolute Gasteiger partial charge is 0.338 e. The minimum Gasteiger partial charge on any atom is -0.497 e. The number of hydrogen-bond donors (Lipinski definition) is 2. The van der Waals surface area contributed by atoms with Crippen LogP contribution in [0.4, 0.5) is 10.5 Å². The van der Waals surface area contributed by atoms with Gasteiger partial charge in [-0.3, -0.25) is 9.69 Å². The predicted octanol–water partition coefficient (Wildman–Crippen LogP) is 2.93. The van der Waals surface area contributed by atoms with Gasteiger partial charge in [-0.15, -0.1) is 11.8 Å². The molecule has 2 heterocycles. The van der Waals surface area contributed by atoms with Gasteiger partial charge in [0.15, 0.2) is 0 Å². The highest BCUT2D eigenvalue weighted by atomic mass is 32.2. The van der Waals surface area contributed by atoms with Crippen molar-refractivity contribution in [3.05, 3.63) is 65.4 Å². The second kappa shape index (κ2) is 8.73. The summed E-state index contributed by atoms with van der Waals surface area (Å²) in [4.78, 5) is 40.2. The summed E-state index contributed by atoms with van der Waals surface area (Å²) in [6.07, 6.45) is 1.97. The Bertz CT molecular complexity index is 1050. The summed E-state index contributed by atoms with van der Waals surface area (Å²) >= 11 is 1.60. The lowest BCUT2D eigenvalue weighted by Crippen LogP contribution is -2.49. The molecule has 3 amide bonds. The molecule has 0 aliphatic carbocycles. The SMILES string of the molecule is COc1ccc(NC(=O)CN2C(=O)N[C@H](c3ccc(SC)cc3)C3=C2COC3=O)cc1. The third-order valence-electron chi connectivity index (χ3n) is 5.12. The monoisotopic (exact) mass is 439 g/mol. The van der Waals surface area contributed by atoms with Crippen molar-refractivity contribution in [1.29, 1.82) is 0 Å². The van der Waals surface area contributed by atoms with Gasteiger partial charge >= 0.3 is 12.0 Å². The van der Waals surface area contributed by atoms with Crippen LogP contribution in [0.2, 0.25) is 0 Å². The number of methoxy groups -OCH3 is 1. The molecular weight excluding hydrogens is 418 g/mol. The molecule has 160 valence electrons. The maximum atomic E-state index is 12.8. The zero-order chi connectivity index (χ0) is 22.0. The molecule has 0 aromatic heterocycles. The van der Waals surface area contributed by atoms with Crippen molar-refractivity contribution >= 4 is 35.4 Å². The fourth-order valence-electron chi connectivity index (χ4n) is 3.54. The minimum atomic E-state index is -0.616. The largest absolute Gasteiger partial charge is 0.497 e. The van der Waals surface area contributed by atoms with Crippen LogP contribution < -0.4 is 15.4 Å². The molecule has 2 aromatic carbocycles. The first-order chi connectivity index (χ1) is 15.0. The van der Waals surface area contributed by atoms with Gasteiger partial charge in [0.1, 0.15) is 18.9 Å². The quantitative estimate of drug-likeness (QED) is 0.531. The normalized spacial score (nSPS) is 17.7. The van der Waals surface area contributed by atoms with E-state index < -0.39 is 23.9 Å². The van der Waals surface area contributed by atoms with Crippen molar-refractivity contribution in [3.63, 3.8) is 0 Å². The molecule has 0 unspecified atom stereocenters. The number of hydrogen-bond acceptors (Lipinski definition) is 6. The topological polar surface area (TPSA) is 97.0 Å². The molecule has 0 saturated carbocycles. The molecule has 0 bridgehead atoms. The Morgan fingerprint density at radius 2 is 1.90 bits per heavy atom. The Balaban J connectivity index is 1.55. The molecule has 2 aromatic rings. The van der Waals surface area contributed by atoms with E-state index >= 15 is 0 Å². The van der Waals surface area contributed by atoms with E-state index in [0.29, 0.717) is 22.7 Å². The number of carbonyl (C=O) groups excluding carboxylic acids is 3. The summed E-state index contributed by atoms with van der Waals surface area (Å²) in [5.74, 6) is -0.217. The number of carbonyl (C=O) groups is 3. The minimum absolute atomic E-state index is 0.0448. The maximum Gasteiger partial charge on any atom is 0.338 e. The van der Waals surface area contributed by atoms with Gasteiger partial charge in [0.25, 0.3) is 0 Å². The molecule has 4 rings (SSSR count). The summed E-state index contributed by atoms with van der Waals surface area (Å²) in [7, 11) is 1.56. The summed E-state index contributed by atoms with van der Waals surface area (Å²) < 4.78 is 10.3. The predicted molar refractivity (Wildman–Crippen MR) is 116 cm³/mol. The van der Waals surface area contributed by atoms with Crippen molar-refractivity contribution in [3.8, 4) is 5.75 Å². The van der Waals surface area contributed by atoms with Crippen molar-refractivity contribution < 1.29 is 23.9 Å². The summed E-state index contributed by atoms with van der Waals surface area (Å²) in [5, 5.41) is 5.57. The maximum absolute atomic E-state index is 12.8. The van der Waals surface area contributed by atoms with Crippen LogP contribution in [0.1, 0.15) is 11.6 Å². The Hall–Kier alpha value is -3.46. The van der Waals surface area contributed by atoms with Gasteiger partial charge in [0.2, 0.25) is 5.91 Å². The third kappa shape index (κ3) is 4.22. The zero-order valence-corrected chi connectivity index (χ0v) is 17.8. The van der Waals surface area contributed by atoms with Crippen molar-refractivity contribution in [1.82, 2.24) is 10.2 Å². The van der Waals surface area contributed by atoms with Gasteiger partial charge in [0, 0.05) is 10.6 Å². The number of ether oxygens (including phenoxy) is 2. The molecule has 2 N–H and O–H groups in total. The average molecular weight is 439 g/mol. The number of rotatable bonds is 6. The van der Waals surface area contributed by atoms with E-state index in [1.54, 1.807) is 43.1 Å². The summed E-state index contributed by atoms with van der Waals surface area (Å²) in [6, 6.07) is 13.4. The summed E-state index contributed by atoms with van der Waals surface area (Å²) in [6.45, 7) is -0.289. The number of thioether (sulfide) groups is 1. The van der Waals surface area contributed by atoms with E-state index in [-0.39, 0.29) is 13.2 Å². The number of nitrogens with zero attached hydrogens (tertiary/aromatic N) is 1. The molecule has 0 spiro atoms. The second-order valence-corrected chi connectivity index (χ2v) is 7.83. The summed E-state index contributed by atoms with van der Waals surface area (Å²) in [5.41, 5.74) is 2.12. The molecule has 0 saturated heterocycles. The van der Waals surface area contributed by atoms with Crippen LogP contribution in [0, 0.1) is 0 Å². The lowest BCUT2D eigenvalue weighted by molar-refractivity contribution is -0.136. The lowest BCUT2D eigenvalue weighted by atomic mass is 9.96. The molecule has 31 heavy (non-hydrogen) atoms. The zero-order valence-electron chi connectivity index (χ0n) is 17.0. The highest BCUT2D eigenvalue weighted by Gasteiger charge is 2.42. The first-order valence-corrected chi connectivity index (χ1v) is 10.8. The number of benzene rings is 2. The number of anilines is 1. The van der Waals surface area contributed by atoms with Crippen molar-refractivity contribution in [2.75, 3.05) is 31.8 Å². The van der Waals surface area contributed by atoms with E-state index in [1.165, 1.54) is 4.90 Å². The van der Waals surface area contributed by atoms with Crippen LogP contribution >= 0.6 is 11.8 Å². The highest BCUT2D eigenvalue weighted by Crippen LogP contribution is 2.35. The van der Waals surface area contributed by atoms with Crippen LogP contribution in [0.15, 0.2) is 64.7 Å². The highest BCUT2D eigenvalue weighted by molar-refractivity contribution is 7.98. The standard InChI is InChI=1S/C22H21N3O5S/c1-29-15-7-5-14(6-8-15)23-18(26)11-25-17-12-30-21(27)19(17)20(24-22(25)28)13-3-9-16(31-2)10-4-13/h3-10,20H,11-12H2,1-2H3,(H,23,26)(H,24,28)/t20-/m1/s1. The van der Waals surface area contributed by atoms with E-state index in [2.05, 4.69) is 10.6 Å². The Labute approximate surface area is 183 Å². The van der Waals surface area contributed by atoms with E-state index in [4.69, 9.17) is 9.47 Å². The van der Waals surface area contributed by atoms with Gasteiger partial charge in [0.05, 0.1) is 24.4 Å². The van der Waals surface area contributed by atoms with Gasteiger partial charge in [-0.05, 0) is 48.2 Å². The van der Waals surface area contributed by atoms with Gasteiger partial charge < -0.3 is 20.1 Å². The average Bonchev–Trinajstić information content (AvgIpc) is 3.17. The van der Waals surface area contributed by atoms with Crippen LogP contribution in [-0.2, 0) is 14.3 Å². The van der Waals surface area contributed by atoms with Crippen molar-refractivity contribution in [2.45, 2.75) is 10.9 Å². The first kappa shape index (κ1) is 20.8. The first-order valence-electron chi connectivity index (χ1n) is 9.56. The van der Waals surface area contributed by atoms with Gasteiger partial charge in [-0.2, -0.15) is 0 Å². The van der Waals surface area contributed by atoms with Gasteiger partial charge in [-0.25, -0.2) is 9.59 Å². The number of esters is 1. The van der Waals surface area contributed by atoms with E-state index in [1.807, 2.05) is 30.5 Å². The number of amides is 3. The molecule has 0 fully saturated rings. The Morgan fingerprint density at radius 3 is 2.55 bits per heavy atom. The number of urea groups is 1. The lowest BCUT2D eigenvalue weighted by Gasteiger charge is -2.32. The van der Waals surface area contributed by atoms with Crippen LogP contribution in [0.25, 0.3) is 0 Å². The third-order valence-corrected chi connectivity index (χ3v) is 5.87. The molecule has 2 aliphatic heterocycles. The van der Waals surface area contributed by atoms with Crippen LogP contribution in [0.3, 0.4) is 0 Å². The van der Waals surface area contributed by atoms with Crippen LogP contribution in [-0.4, -0.2) is 49.3 Å². The van der Waals surface area contributed by atoms with Gasteiger partial charge in [-0.1, -0.05) is 12.1 Å². The Kier molecular flexibility index (Phi) is 5.85. The molecule has 1 atom stereocenters. The fraction of sp³-hybridized carbons (Fsp3) is 0.227. The second-order valence-electron chi connectivity index (χ2n) is 6.95. The Morgan fingerprint density at radius 1 is 1.19 bits per heavy atom. The van der Waals surface area contributed by atoms with Crippen molar-refractivity contribution in [2.24, 2.45) is 0 Å². The number of nitrogens with one attached hydrogen (secondary N) is 2. The van der Waals surface area contributed by atoms with Crippen LogP contribution in [0.5, 0.6) is 5.75 Å². The molecule has 9 heteroatoms. The molecular formula is C22H21N3O5S. The molecule has 8 nitrogen and oxygen atoms in total. The van der Waals surface area contributed by atoms with E-state index in [0.717, 1.165) is 10.5 Å². The molecule has 0 radical (unpaired) electrons. The molecule has 2 aliphatic rings.